The van der Waals surface area contributed by atoms with Gasteiger partial charge in [0, 0.05) is 13.0 Å². The molecule has 0 saturated heterocycles. The second-order valence-corrected chi connectivity index (χ2v) is 3.63. The first kappa shape index (κ1) is 14.9. The summed E-state index contributed by atoms with van der Waals surface area (Å²) in [6.45, 7) is 4.94. The van der Waals surface area contributed by atoms with E-state index in [1.807, 2.05) is 6.92 Å². The standard InChI is InChI=1S/C12H16N2O5/c1-4-9-6-10(19-13-9)7-18-14-11(8(3)15)12(16)17-5-2/h6H,4-5,7H2,1-3H3. The first-order chi connectivity index (χ1) is 9.08. The summed E-state index contributed by atoms with van der Waals surface area (Å²) in [5.74, 6) is -0.862. The summed E-state index contributed by atoms with van der Waals surface area (Å²) in [5, 5.41) is 7.25. The fourth-order valence-electron chi connectivity index (χ4n) is 1.20. The van der Waals surface area contributed by atoms with Crippen molar-refractivity contribution in [2.24, 2.45) is 5.16 Å². The number of hydrogen-bond donors (Lipinski definition) is 0. The van der Waals surface area contributed by atoms with Gasteiger partial charge >= 0.3 is 5.97 Å². The highest BCUT2D eigenvalue weighted by Gasteiger charge is 2.19. The number of Topliss-reactive ketones (excluding diaryl/α,β-unsaturated/α-hetero) is 1. The molecule has 1 aromatic heterocycles. The number of aryl methyl sites for hydroxylation is 1. The van der Waals surface area contributed by atoms with Crippen molar-refractivity contribution in [2.75, 3.05) is 6.61 Å². The molecule has 1 aromatic rings. The lowest BCUT2D eigenvalue weighted by molar-refractivity contribution is -0.136. The maximum Gasteiger partial charge on any atom is 0.364 e. The van der Waals surface area contributed by atoms with Crippen LogP contribution in [0, 0.1) is 0 Å². The molecule has 19 heavy (non-hydrogen) atoms. The van der Waals surface area contributed by atoms with Crippen LogP contribution in [-0.4, -0.2) is 29.2 Å². The average Bonchev–Trinajstić information content (AvgIpc) is 2.82. The molecule has 0 atom stereocenters. The molecule has 0 spiro atoms. The second kappa shape index (κ2) is 7.30. The number of ketones is 1. The van der Waals surface area contributed by atoms with Crippen molar-refractivity contribution in [1.29, 1.82) is 0 Å². The predicted octanol–water partition coefficient (Wildman–Crippen LogP) is 1.26. The van der Waals surface area contributed by atoms with Crippen LogP contribution in [0.25, 0.3) is 0 Å². The summed E-state index contributed by atoms with van der Waals surface area (Å²) in [5.41, 5.74) is 0.414. The molecule has 1 heterocycles. The van der Waals surface area contributed by atoms with Crippen LogP contribution in [0.4, 0.5) is 0 Å². The van der Waals surface area contributed by atoms with Gasteiger partial charge in [0.05, 0.1) is 12.3 Å². The Labute approximate surface area is 110 Å². The maximum absolute atomic E-state index is 11.4. The molecule has 0 unspecified atom stereocenters. The van der Waals surface area contributed by atoms with Gasteiger partial charge < -0.3 is 14.1 Å². The molecule has 0 saturated carbocycles. The van der Waals surface area contributed by atoms with Crippen molar-refractivity contribution in [3.8, 4) is 0 Å². The number of ether oxygens (including phenoxy) is 1. The normalized spacial score (nSPS) is 11.2. The highest BCUT2D eigenvalue weighted by Crippen LogP contribution is 2.06. The first-order valence-corrected chi connectivity index (χ1v) is 5.90. The minimum Gasteiger partial charge on any atom is -0.461 e. The monoisotopic (exact) mass is 268 g/mol. The lowest BCUT2D eigenvalue weighted by atomic mass is 10.3. The zero-order valence-corrected chi connectivity index (χ0v) is 11.1. The number of hydrogen-bond acceptors (Lipinski definition) is 7. The summed E-state index contributed by atoms with van der Waals surface area (Å²) in [6, 6.07) is 1.72. The molecule has 0 bridgehead atoms. The molecule has 0 aliphatic carbocycles. The molecule has 104 valence electrons. The quantitative estimate of drug-likeness (QED) is 0.320. The van der Waals surface area contributed by atoms with Crippen LogP contribution in [0.1, 0.15) is 32.2 Å². The number of esters is 1. The van der Waals surface area contributed by atoms with Crippen molar-refractivity contribution in [3.63, 3.8) is 0 Å². The first-order valence-electron chi connectivity index (χ1n) is 5.90. The van der Waals surface area contributed by atoms with Crippen molar-refractivity contribution in [3.05, 3.63) is 17.5 Å². The van der Waals surface area contributed by atoms with Crippen LogP contribution >= 0.6 is 0 Å². The Morgan fingerprint density at radius 1 is 1.42 bits per heavy atom. The molecule has 0 aliphatic rings. The zero-order valence-electron chi connectivity index (χ0n) is 11.1. The molecule has 7 nitrogen and oxygen atoms in total. The Morgan fingerprint density at radius 3 is 2.68 bits per heavy atom. The number of nitrogens with zero attached hydrogens (tertiary/aromatic N) is 2. The van der Waals surface area contributed by atoms with E-state index in [9.17, 15) is 9.59 Å². The Bertz CT molecular complexity index is 478. The molecule has 0 amide bonds. The van der Waals surface area contributed by atoms with Gasteiger partial charge in [-0.1, -0.05) is 17.2 Å². The van der Waals surface area contributed by atoms with Gasteiger partial charge in [0.15, 0.2) is 18.2 Å². The summed E-state index contributed by atoms with van der Waals surface area (Å²) in [6.07, 6.45) is 0.744. The molecule has 0 fully saturated rings. The van der Waals surface area contributed by atoms with Gasteiger partial charge in [-0.3, -0.25) is 4.79 Å². The summed E-state index contributed by atoms with van der Waals surface area (Å²) in [4.78, 5) is 27.5. The molecule has 0 radical (unpaired) electrons. The van der Waals surface area contributed by atoms with E-state index in [1.165, 1.54) is 6.92 Å². The summed E-state index contributed by atoms with van der Waals surface area (Å²) in [7, 11) is 0. The molecule has 7 heteroatoms. The number of rotatable bonds is 7. The van der Waals surface area contributed by atoms with E-state index in [0.717, 1.165) is 12.1 Å². The number of carbonyl (C=O) groups is 2. The summed E-state index contributed by atoms with van der Waals surface area (Å²) >= 11 is 0. The fraction of sp³-hybridized carbons (Fsp3) is 0.500. The van der Waals surface area contributed by atoms with E-state index >= 15 is 0 Å². The van der Waals surface area contributed by atoms with Crippen LogP contribution in [0.2, 0.25) is 0 Å². The van der Waals surface area contributed by atoms with E-state index in [-0.39, 0.29) is 18.9 Å². The topological polar surface area (TPSA) is 91.0 Å². The largest absolute Gasteiger partial charge is 0.461 e. The van der Waals surface area contributed by atoms with Crippen molar-refractivity contribution in [2.45, 2.75) is 33.8 Å². The molecule has 1 rings (SSSR count). The van der Waals surface area contributed by atoms with Crippen LogP contribution in [0.15, 0.2) is 15.7 Å². The smallest absolute Gasteiger partial charge is 0.364 e. The second-order valence-electron chi connectivity index (χ2n) is 3.63. The zero-order chi connectivity index (χ0) is 14.3. The highest BCUT2D eigenvalue weighted by atomic mass is 16.6. The molecule has 0 aliphatic heterocycles. The Kier molecular flexibility index (Phi) is 5.72. The molecular formula is C12H16N2O5. The maximum atomic E-state index is 11.4. The Morgan fingerprint density at radius 2 is 2.16 bits per heavy atom. The third-order valence-corrected chi connectivity index (χ3v) is 2.13. The van der Waals surface area contributed by atoms with Crippen LogP contribution < -0.4 is 0 Å². The third kappa shape index (κ3) is 4.53. The van der Waals surface area contributed by atoms with Gasteiger partial charge in [0.25, 0.3) is 0 Å². The van der Waals surface area contributed by atoms with Gasteiger partial charge in [0.1, 0.15) is 0 Å². The van der Waals surface area contributed by atoms with Gasteiger partial charge in [-0.25, -0.2) is 4.79 Å². The van der Waals surface area contributed by atoms with E-state index < -0.39 is 11.8 Å². The van der Waals surface area contributed by atoms with Gasteiger partial charge in [0.2, 0.25) is 5.71 Å². The highest BCUT2D eigenvalue weighted by molar-refractivity contribution is 6.63. The lowest BCUT2D eigenvalue weighted by Crippen LogP contribution is -2.24. The van der Waals surface area contributed by atoms with E-state index in [2.05, 4.69) is 15.0 Å². The Hall–Kier alpha value is -2.18. The molecule has 0 aromatic carbocycles. The van der Waals surface area contributed by atoms with Gasteiger partial charge in [-0.2, -0.15) is 0 Å². The Balaban J connectivity index is 2.61. The van der Waals surface area contributed by atoms with Crippen molar-refractivity contribution < 1.29 is 23.7 Å². The molecular weight excluding hydrogens is 252 g/mol. The summed E-state index contributed by atoms with van der Waals surface area (Å²) < 4.78 is 9.64. The number of oxime groups is 1. The van der Waals surface area contributed by atoms with E-state index in [1.54, 1.807) is 13.0 Å². The average molecular weight is 268 g/mol. The third-order valence-electron chi connectivity index (χ3n) is 2.13. The van der Waals surface area contributed by atoms with E-state index in [0.29, 0.717) is 5.76 Å². The SMILES string of the molecule is CCOC(=O)C(=NOCc1cc(CC)no1)C(C)=O. The number of aromatic nitrogens is 1. The van der Waals surface area contributed by atoms with Crippen LogP contribution in [-0.2, 0) is 32.2 Å². The minimum absolute atomic E-state index is 0.0107. The van der Waals surface area contributed by atoms with Crippen molar-refractivity contribution in [1.82, 2.24) is 5.16 Å². The predicted molar refractivity (Wildman–Crippen MR) is 65.4 cm³/mol. The molecule has 0 N–H and O–H groups in total. The van der Waals surface area contributed by atoms with Gasteiger partial charge in [-0.05, 0) is 13.3 Å². The number of carbonyl (C=O) groups excluding carboxylic acids is 2. The lowest BCUT2D eigenvalue weighted by Gasteiger charge is -2.02. The van der Waals surface area contributed by atoms with Crippen LogP contribution in [0.5, 0.6) is 0 Å². The van der Waals surface area contributed by atoms with Crippen LogP contribution in [0.3, 0.4) is 0 Å². The fourth-order valence-corrected chi connectivity index (χ4v) is 1.20. The van der Waals surface area contributed by atoms with E-state index in [4.69, 9.17) is 9.36 Å². The van der Waals surface area contributed by atoms with Gasteiger partial charge in [-0.15, -0.1) is 0 Å². The van der Waals surface area contributed by atoms with Crippen molar-refractivity contribution >= 4 is 17.5 Å². The minimum atomic E-state index is -0.804.